The number of aryl methyl sites for hydroxylation is 1. The molecule has 2 aliphatic carbocycles. The molecule has 0 fully saturated rings. The van der Waals surface area contributed by atoms with E-state index >= 15 is 0 Å². The van der Waals surface area contributed by atoms with Gasteiger partial charge in [0.05, 0.1) is 5.41 Å². The minimum absolute atomic E-state index is 0.469. The summed E-state index contributed by atoms with van der Waals surface area (Å²) in [4.78, 5) is 2.43. The van der Waals surface area contributed by atoms with Gasteiger partial charge in [0.2, 0.25) is 0 Å². The molecule has 258 valence electrons. The molecule has 1 nitrogen and oxygen atoms in total. The molecule has 2 aliphatic rings. The smallest absolute Gasteiger partial charge is 0.0714 e. The van der Waals surface area contributed by atoms with Gasteiger partial charge in [0.15, 0.2) is 0 Å². The molecule has 8 aromatic rings. The normalized spacial score (nSPS) is 13.8. The van der Waals surface area contributed by atoms with E-state index in [0.29, 0.717) is 0 Å². The monoisotopic (exact) mass is 691 g/mol. The van der Waals surface area contributed by atoms with E-state index in [0.717, 1.165) is 23.5 Å². The topological polar surface area (TPSA) is 3.24 Å². The van der Waals surface area contributed by atoms with Crippen LogP contribution in [0.5, 0.6) is 0 Å². The first kappa shape index (κ1) is 32.2. The maximum absolute atomic E-state index is 2.46. The summed E-state index contributed by atoms with van der Waals surface area (Å²) in [5, 5.41) is 0. The highest BCUT2D eigenvalue weighted by atomic mass is 15.1. The number of anilines is 3. The lowest BCUT2D eigenvalue weighted by Crippen LogP contribution is -2.28. The van der Waals surface area contributed by atoms with Crippen LogP contribution >= 0.6 is 0 Å². The zero-order chi connectivity index (χ0) is 35.9. The van der Waals surface area contributed by atoms with Crippen molar-refractivity contribution < 1.29 is 0 Å². The van der Waals surface area contributed by atoms with Crippen LogP contribution in [-0.4, -0.2) is 0 Å². The Labute approximate surface area is 318 Å². The molecule has 0 bridgehead atoms. The van der Waals surface area contributed by atoms with Gasteiger partial charge in [0.1, 0.15) is 0 Å². The van der Waals surface area contributed by atoms with E-state index in [2.05, 4.69) is 205 Å². The summed E-state index contributed by atoms with van der Waals surface area (Å²) in [5.41, 5.74) is 18.8. The summed E-state index contributed by atoms with van der Waals surface area (Å²) < 4.78 is 0. The summed E-state index contributed by atoms with van der Waals surface area (Å²) in [6, 6.07) is 74.1. The van der Waals surface area contributed by atoms with Crippen LogP contribution in [0.3, 0.4) is 0 Å². The fourth-order valence-corrected chi connectivity index (χ4v) is 9.29. The van der Waals surface area contributed by atoms with Crippen LogP contribution in [0.2, 0.25) is 0 Å². The van der Waals surface area contributed by atoms with Gasteiger partial charge in [-0.2, -0.15) is 0 Å². The summed E-state index contributed by atoms with van der Waals surface area (Å²) in [6.07, 6.45) is 4.90. The van der Waals surface area contributed by atoms with E-state index in [-0.39, 0.29) is 0 Å². The molecule has 0 saturated carbocycles. The minimum Gasteiger partial charge on any atom is -0.310 e. The second kappa shape index (κ2) is 13.5. The molecule has 0 aromatic heterocycles. The SMILES string of the molecule is c1ccc(-c2ccc(N(c3ccc(-c4cccc5c4CCCC5)cc3)c3ccc4c(c3)C(c3ccccc3)(c3ccccc3)c3ccccc3-4)cc2)cc1. The summed E-state index contributed by atoms with van der Waals surface area (Å²) in [7, 11) is 0. The van der Waals surface area contributed by atoms with Gasteiger partial charge in [-0.1, -0.05) is 164 Å². The van der Waals surface area contributed by atoms with Crippen molar-refractivity contribution in [2.45, 2.75) is 31.1 Å². The second-order valence-corrected chi connectivity index (χ2v) is 14.7. The predicted octanol–water partition coefficient (Wildman–Crippen LogP) is 13.7. The maximum atomic E-state index is 2.46. The van der Waals surface area contributed by atoms with Crippen LogP contribution in [0, 0.1) is 0 Å². The van der Waals surface area contributed by atoms with Crippen molar-refractivity contribution in [1.82, 2.24) is 0 Å². The Hall–Kier alpha value is -6.44. The standard InChI is InChI=1S/C53H41N/c1-4-15-38(16-5-1)39-27-31-44(32-28-39)54(45-33-29-41(30-34-45)48-25-14-18-40-17-10-11-23-47(40)48)46-35-36-50-49-24-12-13-26-51(49)53(52(50)37-46,42-19-6-2-7-20-42)43-21-8-3-9-22-43/h1-9,12-16,18-22,24-37H,10-11,17,23H2. The highest BCUT2D eigenvalue weighted by Crippen LogP contribution is 2.57. The largest absolute Gasteiger partial charge is 0.310 e. The zero-order valence-electron chi connectivity index (χ0n) is 30.3. The van der Waals surface area contributed by atoms with Gasteiger partial charge in [0.25, 0.3) is 0 Å². The summed E-state index contributed by atoms with van der Waals surface area (Å²) in [5.74, 6) is 0. The Morgan fingerprint density at radius 3 is 1.56 bits per heavy atom. The fourth-order valence-electron chi connectivity index (χ4n) is 9.29. The van der Waals surface area contributed by atoms with Crippen molar-refractivity contribution in [1.29, 1.82) is 0 Å². The van der Waals surface area contributed by atoms with Crippen molar-refractivity contribution in [3.63, 3.8) is 0 Å². The number of fused-ring (bicyclic) bond motifs is 4. The van der Waals surface area contributed by atoms with Gasteiger partial charge in [-0.25, -0.2) is 0 Å². The lowest BCUT2D eigenvalue weighted by molar-refractivity contribution is 0.687. The number of nitrogens with zero attached hydrogens (tertiary/aromatic N) is 1. The highest BCUT2D eigenvalue weighted by molar-refractivity contribution is 5.90. The molecule has 0 spiro atoms. The summed E-state index contributed by atoms with van der Waals surface area (Å²) >= 11 is 0. The van der Waals surface area contributed by atoms with Crippen molar-refractivity contribution in [2.24, 2.45) is 0 Å². The molecule has 0 saturated heterocycles. The molecular formula is C53H41N. The van der Waals surface area contributed by atoms with Crippen molar-refractivity contribution in [3.8, 4) is 33.4 Å². The molecule has 0 N–H and O–H groups in total. The van der Waals surface area contributed by atoms with Crippen molar-refractivity contribution >= 4 is 17.1 Å². The van der Waals surface area contributed by atoms with E-state index in [4.69, 9.17) is 0 Å². The third-order valence-corrected chi connectivity index (χ3v) is 11.8. The Kier molecular flexibility index (Phi) is 8.07. The van der Waals surface area contributed by atoms with Gasteiger partial charge in [-0.05, 0) is 129 Å². The number of hydrogen-bond acceptors (Lipinski definition) is 1. The molecule has 54 heavy (non-hydrogen) atoms. The summed E-state index contributed by atoms with van der Waals surface area (Å²) in [6.45, 7) is 0. The Morgan fingerprint density at radius 2 is 0.870 bits per heavy atom. The van der Waals surface area contributed by atoms with E-state index in [1.807, 2.05) is 0 Å². The van der Waals surface area contributed by atoms with Gasteiger partial charge >= 0.3 is 0 Å². The van der Waals surface area contributed by atoms with Crippen LogP contribution in [0.25, 0.3) is 33.4 Å². The van der Waals surface area contributed by atoms with Crippen LogP contribution in [0.1, 0.15) is 46.2 Å². The van der Waals surface area contributed by atoms with E-state index in [9.17, 15) is 0 Å². The van der Waals surface area contributed by atoms with Crippen LogP contribution in [0.15, 0.2) is 200 Å². The lowest BCUT2D eigenvalue weighted by atomic mass is 9.67. The van der Waals surface area contributed by atoms with E-state index in [1.54, 1.807) is 0 Å². The molecule has 1 heteroatoms. The van der Waals surface area contributed by atoms with E-state index < -0.39 is 5.41 Å². The van der Waals surface area contributed by atoms with Crippen LogP contribution < -0.4 is 4.90 Å². The van der Waals surface area contributed by atoms with Crippen molar-refractivity contribution in [3.05, 3.63) is 234 Å². The molecular weight excluding hydrogens is 651 g/mol. The maximum Gasteiger partial charge on any atom is 0.0714 e. The molecule has 0 amide bonds. The van der Waals surface area contributed by atoms with E-state index in [1.165, 1.54) is 86.0 Å². The third kappa shape index (κ3) is 5.31. The second-order valence-electron chi connectivity index (χ2n) is 14.7. The van der Waals surface area contributed by atoms with Crippen molar-refractivity contribution in [2.75, 3.05) is 4.90 Å². The Balaban J connectivity index is 1.16. The van der Waals surface area contributed by atoms with Gasteiger partial charge in [0, 0.05) is 17.1 Å². The molecule has 10 rings (SSSR count). The van der Waals surface area contributed by atoms with Gasteiger partial charge < -0.3 is 4.90 Å². The molecule has 0 unspecified atom stereocenters. The average Bonchev–Trinajstić information content (AvgIpc) is 3.55. The first-order chi connectivity index (χ1) is 26.8. The minimum atomic E-state index is -0.469. The molecule has 0 radical (unpaired) electrons. The lowest BCUT2D eigenvalue weighted by Gasteiger charge is -2.35. The molecule has 0 atom stereocenters. The molecule has 0 heterocycles. The molecule has 0 aliphatic heterocycles. The van der Waals surface area contributed by atoms with Crippen LogP contribution in [-0.2, 0) is 18.3 Å². The highest BCUT2D eigenvalue weighted by Gasteiger charge is 2.46. The van der Waals surface area contributed by atoms with Gasteiger partial charge in [-0.3, -0.25) is 0 Å². The number of rotatable bonds is 7. The first-order valence-electron chi connectivity index (χ1n) is 19.3. The quantitative estimate of drug-likeness (QED) is 0.161. The third-order valence-electron chi connectivity index (χ3n) is 11.8. The number of hydrogen-bond donors (Lipinski definition) is 0. The number of benzene rings is 8. The Bertz CT molecular complexity index is 2530. The van der Waals surface area contributed by atoms with Gasteiger partial charge in [-0.15, -0.1) is 0 Å². The predicted molar refractivity (Wildman–Crippen MR) is 226 cm³/mol. The first-order valence-corrected chi connectivity index (χ1v) is 19.3. The van der Waals surface area contributed by atoms with Crippen LogP contribution in [0.4, 0.5) is 17.1 Å². The average molecular weight is 692 g/mol. The molecule has 8 aromatic carbocycles. The zero-order valence-corrected chi connectivity index (χ0v) is 30.3. The Morgan fingerprint density at radius 1 is 0.352 bits per heavy atom. The fraction of sp³-hybridized carbons (Fsp3) is 0.0943.